The molecule has 7 nitrogen and oxygen atoms in total. The Bertz CT molecular complexity index is 1000. The number of carbonyl (C=O) groups excluding carboxylic acids is 1. The van der Waals surface area contributed by atoms with E-state index in [1.165, 1.54) is 15.3 Å². The van der Waals surface area contributed by atoms with Gasteiger partial charge in [-0.25, -0.2) is 12.7 Å². The van der Waals surface area contributed by atoms with E-state index in [0.29, 0.717) is 19.4 Å². The van der Waals surface area contributed by atoms with Crippen LogP contribution in [0.15, 0.2) is 30.5 Å². The summed E-state index contributed by atoms with van der Waals surface area (Å²) in [5.74, 6) is 0.0599. The third-order valence-electron chi connectivity index (χ3n) is 6.46. The molecule has 3 heterocycles. The van der Waals surface area contributed by atoms with Gasteiger partial charge in [0.05, 0.1) is 11.2 Å². The second kappa shape index (κ2) is 6.86. The van der Waals surface area contributed by atoms with E-state index in [1.807, 2.05) is 12.3 Å². The number of hydrogen-bond acceptors (Lipinski definition) is 4. The number of benzene rings is 1. The highest BCUT2D eigenvalue weighted by Gasteiger charge is 2.56. The average Bonchev–Trinajstić information content (AvgIpc) is 3.14. The second-order valence-electron chi connectivity index (χ2n) is 8.31. The third kappa shape index (κ3) is 3.03. The lowest BCUT2D eigenvalue weighted by atomic mass is 9.72. The van der Waals surface area contributed by atoms with Crippen LogP contribution in [0.25, 0.3) is 10.9 Å². The lowest BCUT2D eigenvalue weighted by Gasteiger charge is -2.53. The Hall–Kier alpha value is -1.90. The molecule has 0 aliphatic carbocycles. The van der Waals surface area contributed by atoms with Gasteiger partial charge < -0.3 is 9.88 Å². The minimum atomic E-state index is -3.29. The molecule has 2 atom stereocenters. The first kappa shape index (κ1) is 19.4. The highest BCUT2D eigenvalue weighted by atomic mass is 32.2. The van der Waals surface area contributed by atoms with Gasteiger partial charge in [0.25, 0.3) is 0 Å². The zero-order chi connectivity index (χ0) is 20.1. The number of nitrogens with one attached hydrogen (secondary N) is 1. The van der Waals surface area contributed by atoms with E-state index in [1.54, 1.807) is 26.0 Å². The molecule has 2 saturated heterocycles. The van der Waals surface area contributed by atoms with Crippen molar-refractivity contribution in [1.29, 1.82) is 0 Å². The van der Waals surface area contributed by atoms with Crippen molar-refractivity contribution < 1.29 is 13.2 Å². The van der Waals surface area contributed by atoms with Gasteiger partial charge in [-0.1, -0.05) is 12.1 Å². The van der Waals surface area contributed by atoms with Gasteiger partial charge in [0.1, 0.15) is 0 Å². The lowest BCUT2D eigenvalue weighted by molar-refractivity contribution is -0.148. The first-order valence-corrected chi connectivity index (χ1v) is 11.3. The number of sulfonamides is 1. The molecule has 4 rings (SSSR count). The predicted molar refractivity (Wildman–Crippen MR) is 109 cm³/mol. The van der Waals surface area contributed by atoms with Gasteiger partial charge in [0.2, 0.25) is 15.9 Å². The summed E-state index contributed by atoms with van der Waals surface area (Å²) in [7, 11) is 1.87. The molecule has 152 valence electrons. The Balaban J connectivity index is 1.66. The van der Waals surface area contributed by atoms with Crippen LogP contribution in [0.2, 0.25) is 0 Å². The Morgan fingerprint density at radius 1 is 1.32 bits per heavy atom. The number of likely N-dealkylation sites (tertiary alicyclic amines) is 1. The van der Waals surface area contributed by atoms with Gasteiger partial charge in [-0.15, -0.1) is 0 Å². The highest BCUT2D eigenvalue weighted by molar-refractivity contribution is 7.89. The Kier molecular flexibility index (Phi) is 4.76. The van der Waals surface area contributed by atoms with Crippen LogP contribution in [0.4, 0.5) is 0 Å². The number of carbonyl (C=O) groups is 1. The van der Waals surface area contributed by atoms with Gasteiger partial charge in [-0.3, -0.25) is 9.69 Å². The summed E-state index contributed by atoms with van der Waals surface area (Å²) in [5.41, 5.74) is 1.64. The molecule has 2 aliphatic heterocycles. The largest absolute Gasteiger partial charge is 0.361 e. The van der Waals surface area contributed by atoms with Crippen LogP contribution in [0.1, 0.15) is 18.4 Å². The summed E-state index contributed by atoms with van der Waals surface area (Å²) in [6.45, 7) is 2.10. The SMILES string of the molecule is CN(C)C(=O)[C@]12CCS(=O)(=O)N(C)[C@@H]1CCN(Cc1cccc3[nH]ccc13)C2. The standard InChI is InChI=1S/C20H28N4O3S/c1-22(2)19(25)20-9-12-28(26,27)23(3)18(20)8-11-24(14-20)13-15-5-4-6-17-16(15)7-10-21-17/h4-7,10,18,21H,8-9,11-14H2,1-3H3/t18-,20+/m1/s1. The van der Waals surface area contributed by atoms with Crippen LogP contribution >= 0.6 is 0 Å². The Labute approximate surface area is 166 Å². The normalized spacial score (nSPS) is 28.2. The summed E-state index contributed by atoms with van der Waals surface area (Å²) in [4.78, 5) is 20.4. The molecule has 1 aromatic heterocycles. The number of hydrogen-bond donors (Lipinski definition) is 1. The lowest BCUT2D eigenvalue weighted by Crippen LogP contribution is -2.66. The number of amides is 1. The molecule has 0 saturated carbocycles. The fourth-order valence-corrected chi connectivity index (χ4v) is 6.62. The van der Waals surface area contributed by atoms with Crippen molar-refractivity contribution in [2.24, 2.45) is 5.41 Å². The van der Waals surface area contributed by atoms with E-state index in [-0.39, 0.29) is 17.7 Å². The van der Waals surface area contributed by atoms with E-state index >= 15 is 0 Å². The average molecular weight is 405 g/mol. The maximum absolute atomic E-state index is 13.3. The summed E-state index contributed by atoms with van der Waals surface area (Å²) < 4.78 is 26.3. The summed E-state index contributed by atoms with van der Waals surface area (Å²) in [6.07, 6.45) is 2.99. The van der Waals surface area contributed by atoms with Gasteiger partial charge in [-0.05, 0) is 30.5 Å². The predicted octanol–water partition coefficient (Wildman–Crippen LogP) is 1.48. The number of rotatable bonds is 3. The van der Waals surface area contributed by atoms with Crippen molar-refractivity contribution in [2.75, 3.05) is 40.0 Å². The zero-order valence-electron chi connectivity index (χ0n) is 16.7. The van der Waals surface area contributed by atoms with Gasteiger partial charge in [-0.2, -0.15) is 0 Å². The van der Waals surface area contributed by atoms with Gasteiger partial charge in [0.15, 0.2) is 0 Å². The molecule has 2 fully saturated rings. The smallest absolute Gasteiger partial charge is 0.231 e. The second-order valence-corrected chi connectivity index (χ2v) is 10.5. The molecular formula is C20H28N4O3S. The minimum Gasteiger partial charge on any atom is -0.361 e. The van der Waals surface area contributed by atoms with E-state index in [2.05, 4.69) is 28.1 Å². The first-order valence-electron chi connectivity index (χ1n) is 9.69. The topological polar surface area (TPSA) is 76.7 Å². The molecular weight excluding hydrogens is 376 g/mol. The summed E-state index contributed by atoms with van der Waals surface area (Å²) in [5, 5.41) is 1.20. The van der Waals surface area contributed by atoms with E-state index in [4.69, 9.17) is 0 Å². The zero-order valence-corrected chi connectivity index (χ0v) is 17.5. The fraction of sp³-hybridized carbons (Fsp3) is 0.550. The van der Waals surface area contributed by atoms with Crippen LogP contribution in [0, 0.1) is 5.41 Å². The molecule has 1 aromatic carbocycles. The van der Waals surface area contributed by atoms with Crippen LogP contribution in [0.5, 0.6) is 0 Å². The number of piperidine rings is 1. The van der Waals surface area contributed by atoms with E-state index < -0.39 is 15.4 Å². The third-order valence-corrected chi connectivity index (χ3v) is 8.31. The molecule has 2 aliphatic rings. The number of aromatic amines is 1. The molecule has 0 radical (unpaired) electrons. The molecule has 1 amide bonds. The Morgan fingerprint density at radius 3 is 2.86 bits per heavy atom. The highest BCUT2D eigenvalue weighted by Crippen LogP contribution is 2.43. The molecule has 1 N–H and O–H groups in total. The van der Waals surface area contributed by atoms with Crippen molar-refractivity contribution in [3.63, 3.8) is 0 Å². The van der Waals surface area contributed by atoms with Crippen molar-refractivity contribution in [3.8, 4) is 0 Å². The van der Waals surface area contributed by atoms with Crippen LogP contribution in [-0.4, -0.2) is 79.4 Å². The molecule has 2 aromatic rings. The van der Waals surface area contributed by atoms with Crippen molar-refractivity contribution in [3.05, 3.63) is 36.0 Å². The maximum Gasteiger partial charge on any atom is 0.231 e. The molecule has 0 spiro atoms. The number of aromatic nitrogens is 1. The Morgan fingerprint density at radius 2 is 2.11 bits per heavy atom. The van der Waals surface area contributed by atoms with Crippen LogP contribution in [-0.2, 0) is 21.4 Å². The van der Waals surface area contributed by atoms with Crippen molar-refractivity contribution in [2.45, 2.75) is 25.4 Å². The van der Waals surface area contributed by atoms with Crippen LogP contribution in [0.3, 0.4) is 0 Å². The molecule has 8 heteroatoms. The number of fused-ring (bicyclic) bond motifs is 2. The minimum absolute atomic E-state index is 0.0286. The van der Waals surface area contributed by atoms with E-state index in [0.717, 1.165) is 18.6 Å². The number of nitrogens with zero attached hydrogens (tertiary/aromatic N) is 3. The maximum atomic E-state index is 13.3. The van der Waals surface area contributed by atoms with Crippen molar-refractivity contribution in [1.82, 2.24) is 19.1 Å². The van der Waals surface area contributed by atoms with Crippen LogP contribution < -0.4 is 0 Å². The monoisotopic (exact) mass is 404 g/mol. The number of H-pyrrole nitrogens is 1. The summed E-state index contributed by atoms with van der Waals surface area (Å²) in [6, 6.07) is 8.03. The summed E-state index contributed by atoms with van der Waals surface area (Å²) >= 11 is 0. The fourth-order valence-electron chi connectivity index (χ4n) is 5.02. The van der Waals surface area contributed by atoms with E-state index in [9.17, 15) is 13.2 Å². The first-order chi connectivity index (χ1) is 13.2. The molecule has 0 bridgehead atoms. The quantitative estimate of drug-likeness (QED) is 0.841. The van der Waals surface area contributed by atoms with Gasteiger partial charge in [0, 0.05) is 63.9 Å². The van der Waals surface area contributed by atoms with Gasteiger partial charge >= 0.3 is 0 Å². The van der Waals surface area contributed by atoms with Crippen molar-refractivity contribution >= 4 is 26.8 Å². The molecule has 28 heavy (non-hydrogen) atoms. The molecule has 0 unspecified atom stereocenters.